The summed E-state index contributed by atoms with van der Waals surface area (Å²) in [7, 11) is 0. The van der Waals surface area contributed by atoms with Crippen LogP contribution in [0.5, 0.6) is 0 Å². The van der Waals surface area contributed by atoms with Gasteiger partial charge < -0.3 is 5.32 Å². The van der Waals surface area contributed by atoms with Gasteiger partial charge in [-0.2, -0.15) is 0 Å². The monoisotopic (exact) mass is 260 g/mol. The molecule has 4 nitrogen and oxygen atoms in total. The van der Waals surface area contributed by atoms with Gasteiger partial charge in [-0.3, -0.25) is 9.59 Å². The molecule has 0 aliphatic rings. The summed E-state index contributed by atoms with van der Waals surface area (Å²) in [6, 6.07) is 9.74. The zero-order valence-electron chi connectivity index (χ0n) is 9.26. The highest BCUT2D eigenvalue weighted by molar-refractivity contribution is 6.30. The van der Waals surface area contributed by atoms with Crippen LogP contribution in [0.2, 0.25) is 5.02 Å². The molecular weight excluding hydrogens is 252 g/mol. The van der Waals surface area contributed by atoms with Crippen LogP contribution in [0.1, 0.15) is 20.8 Å². The zero-order chi connectivity index (χ0) is 13.0. The predicted molar refractivity (Wildman–Crippen MR) is 69.0 cm³/mol. The summed E-state index contributed by atoms with van der Waals surface area (Å²) in [5.74, 6) is -0.352. The summed E-state index contributed by atoms with van der Waals surface area (Å²) < 4.78 is 0. The van der Waals surface area contributed by atoms with Crippen LogP contribution in [0.4, 0.5) is 5.69 Å². The smallest absolute Gasteiger partial charge is 0.274 e. The quantitative estimate of drug-likeness (QED) is 0.864. The highest BCUT2D eigenvalue weighted by Gasteiger charge is 2.07. The van der Waals surface area contributed by atoms with Crippen LogP contribution in [0, 0.1) is 0 Å². The maximum atomic E-state index is 11.8. The third-order valence-electron chi connectivity index (χ3n) is 2.24. The van der Waals surface area contributed by atoms with Crippen molar-refractivity contribution >= 4 is 29.5 Å². The van der Waals surface area contributed by atoms with Gasteiger partial charge in [0.05, 0.1) is 5.02 Å². The van der Waals surface area contributed by atoms with E-state index >= 15 is 0 Å². The van der Waals surface area contributed by atoms with Gasteiger partial charge in [0.2, 0.25) is 0 Å². The molecule has 2 rings (SSSR count). The Kier molecular flexibility index (Phi) is 3.69. The summed E-state index contributed by atoms with van der Waals surface area (Å²) in [6.07, 6.45) is 2.12. The molecule has 2 aromatic rings. The number of amides is 1. The number of carbonyl (C=O) groups excluding carboxylic acids is 2. The molecule has 1 heterocycles. The molecule has 0 saturated heterocycles. The molecule has 0 aliphatic heterocycles. The number of benzene rings is 1. The number of pyridine rings is 1. The minimum atomic E-state index is -0.352. The Morgan fingerprint density at radius 3 is 2.78 bits per heavy atom. The average Bonchev–Trinajstić information content (AvgIpc) is 2.39. The van der Waals surface area contributed by atoms with Crippen molar-refractivity contribution in [1.29, 1.82) is 0 Å². The van der Waals surface area contributed by atoms with Crippen LogP contribution in [0.3, 0.4) is 0 Å². The van der Waals surface area contributed by atoms with Crippen LogP contribution < -0.4 is 5.32 Å². The molecule has 0 aliphatic carbocycles. The Morgan fingerprint density at radius 1 is 1.28 bits per heavy atom. The van der Waals surface area contributed by atoms with E-state index in [2.05, 4.69) is 10.3 Å². The molecule has 0 saturated carbocycles. The van der Waals surface area contributed by atoms with Gasteiger partial charge >= 0.3 is 0 Å². The van der Waals surface area contributed by atoms with Gasteiger partial charge in [0, 0.05) is 17.4 Å². The Balaban J connectivity index is 2.15. The zero-order valence-corrected chi connectivity index (χ0v) is 10.0. The summed E-state index contributed by atoms with van der Waals surface area (Å²) in [4.78, 5) is 26.3. The lowest BCUT2D eigenvalue weighted by Gasteiger charge is -2.04. The lowest BCUT2D eigenvalue weighted by atomic mass is 10.2. The van der Waals surface area contributed by atoms with Gasteiger partial charge in [-0.15, -0.1) is 0 Å². The molecule has 1 aromatic carbocycles. The van der Waals surface area contributed by atoms with Crippen molar-refractivity contribution in [3.63, 3.8) is 0 Å². The van der Waals surface area contributed by atoms with Crippen molar-refractivity contribution in [3.05, 3.63) is 58.9 Å². The van der Waals surface area contributed by atoms with E-state index in [1.54, 1.807) is 30.3 Å². The molecule has 0 fully saturated rings. The topological polar surface area (TPSA) is 59.1 Å². The van der Waals surface area contributed by atoms with Gasteiger partial charge in [0.1, 0.15) is 12.0 Å². The highest BCUT2D eigenvalue weighted by Crippen LogP contribution is 2.11. The average molecular weight is 261 g/mol. The summed E-state index contributed by atoms with van der Waals surface area (Å²) >= 11 is 5.68. The fourth-order valence-electron chi connectivity index (χ4n) is 1.39. The van der Waals surface area contributed by atoms with Gasteiger partial charge in [-0.1, -0.05) is 23.7 Å². The molecule has 1 N–H and O–H groups in total. The Hall–Kier alpha value is -2.20. The molecule has 18 heavy (non-hydrogen) atoms. The van der Waals surface area contributed by atoms with Crippen molar-refractivity contribution in [2.75, 3.05) is 5.32 Å². The molecule has 0 spiro atoms. The van der Waals surface area contributed by atoms with Crippen LogP contribution >= 0.6 is 11.6 Å². The predicted octanol–water partition coefficient (Wildman–Crippen LogP) is 2.80. The Labute approximate surface area is 109 Å². The number of halogens is 1. The summed E-state index contributed by atoms with van der Waals surface area (Å²) in [6.45, 7) is 0. The maximum Gasteiger partial charge on any atom is 0.274 e. The van der Waals surface area contributed by atoms with E-state index in [9.17, 15) is 9.59 Å². The Bertz CT molecular complexity index is 582. The lowest BCUT2D eigenvalue weighted by molar-refractivity contribution is 0.102. The van der Waals surface area contributed by atoms with Gasteiger partial charge in [0.15, 0.2) is 0 Å². The molecule has 0 atom stereocenters. The molecule has 1 amide bonds. The molecule has 1 aromatic heterocycles. The number of hydrogen-bond donors (Lipinski definition) is 1. The van der Waals surface area contributed by atoms with Gasteiger partial charge in [0.25, 0.3) is 5.91 Å². The number of nitrogens with zero attached hydrogens (tertiary/aromatic N) is 1. The number of aldehydes is 1. The fourth-order valence-corrected chi connectivity index (χ4v) is 1.51. The van der Waals surface area contributed by atoms with Crippen LogP contribution in [-0.4, -0.2) is 17.2 Å². The second-order valence-corrected chi connectivity index (χ2v) is 4.00. The number of carbonyl (C=O) groups is 2. The molecular formula is C13H9ClN2O2. The maximum absolute atomic E-state index is 11.8. The van der Waals surface area contributed by atoms with Crippen molar-refractivity contribution in [2.24, 2.45) is 0 Å². The largest absolute Gasteiger partial charge is 0.321 e. The number of aromatic nitrogens is 1. The van der Waals surface area contributed by atoms with Crippen molar-refractivity contribution in [2.45, 2.75) is 0 Å². The third-order valence-corrected chi connectivity index (χ3v) is 2.46. The van der Waals surface area contributed by atoms with Crippen molar-refractivity contribution in [3.8, 4) is 0 Å². The van der Waals surface area contributed by atoms with E-state index in [0.29, 0.717) is 16.3 Å². The van der Waals surface area contributed by atoms with Crippen LogP contribution in [0.15, 0.2) is 42.6 Å². The van der Waals surface area contributed by atoms with Gasteiger partial charge in [-0.05, 0) is 24.3 Å². The van der Waals surface area contributed by atoms with Gasteiger partial charge in [-0.25, -0.2) is 4.98 Å². The lowest BCUT2D eigenvalue weighted by Crippen LogP contribution is -2.13. The first-order chi connectivity index (χ1) is 8.69. The fraction of sp³-hybridized carbons (Fsp3) is 0. The second kappa shape index (κ2) is 5.42. The van der Waals surface area contributed by atoms with Crippen molar-refractivity contribution < 1.29 is 9.59 Å². The number of rotatable bonds is 3. The number of anilines is 1. The standard InChI is InChI=1S/C13H9ClN2O2/c14-10-4-5-12(15-7-10)13(18)16-11-3-1-2-9(6-11)8-17/h1-8H,(H,16,18). The summed E-state index contributed by atoms with van der Waals surface area (Å²) in [5.41, 5.74) is 1.30. The van der Waals surface area contributed by atoms with E-state index in [0.717, 1.165) is 6.29 Å². The molecule has 5 heteroatoms. The van der Waals surface area contributed by atoms with E-state index in [1.807, 2.05) is 0 Å². The van der Waals surface area contributed by atoms with E-state index in [4.69, 9.17) is 11.6 Å². The molecule has 0 radical (unpaired) electrons. The normalized spacial score (nSPS) is 9.83. The first kappa shape index (κ1) is 12.3. The third kappa shape index (κ3) is 2.93. The highest BCUT2D eigenvalue weighted by atomic mass is 35.5. The van der Waals surface area contributed by atoms with E-state index < -0.39 is 0 Å². The minimum absolute atomic E-state index is 0.260. The first-order valence-electron chi connectivity index (χ1n) is 5.17. The van der Waals surface area contributed by atoms with E-state index in [-0.39, 0.29) is 11.6 Å². The summed E-state index contributed by atoms with van der Waals surface area (Å²) in [5, 5.41) is 3.12. The Morgan fingerprint density at radius 2 is 2.11 bits per heavy atom. The van der Waals surface area contributed by atoms with Crippen LogP contribution in [0.25, 0.3) is 0 Å². The number of nitrogens with one attached hydrogen (secondary N) is 1. The van der Waals surface area contributed by atoms with Crippen molar-refractivity contribution in [1.82, 2.24) is 4.98 Å². The molecule has 0 bridgehead atoms. The minimum Gasteiger partial charge on any atom is -0.321 e. The molecule has 90 valence electrons. The van der Waals surface area contributed by atoms with E-state index in [1.165, 1.54) is 12.3 Å². The number of hydrogen-bond acceptors (Lipinski definition) is 3. The SMILES string of the molecule is O=Cc1cccc(NC(=O)c2ccc(Cl)cn2)c1. The second-order valence-electron chi connectivity index (χ2n) is 3.56. The first-order valence-corrected chi connectivity index (χ1v) is 5.55. The molecule has 0 unspecified atom stereocenters. The van der Waals surface area contributed by atoms with Crippen LogP contribution in [-0.2, 0) is 0 Å².